The molecule has 2 aliphatic heterocycles. The van der Waals surface area contributed by atoms with Crippen molar-refractivity contribution in [1.82, 2.24) is 14.9 Å². The molecule has 3 heterocycles. The van der Waals surface area contributed by atoms with Gasteiger partial charge in [-0.3, -0.25) is 9.59 Å². The van der Waals surface area contributed by atoms with E-state index in [1.54, 1.807) is 6.20 Å². The van der Waals surface area contributed by atoms with E-state index in [-0.39, 0.29) is 17.2 Å². The average molecular weight is 338 g/mol. The van der Waals surface area contributed by atoms with Crippen LogP contribution in [0.2, 0.25) is 0 Å². The Morgan fingerprint density at radius 2 is 2.08 bits per heavy atom. The molecule has 2 amide bonds. The van der Waals surface area contributed by atoms with Gasteiger partial charge >= 0.3 is 0 Å². The second-order valence-electron chi connectivity index (χ2n) is 7.37. The minimum atomic E-state index is -0.133. The second-order valence-corrected chi connectivity index (χ2v) is 7.37. The van der Waals surface area contributed by atoms with Gasteiger partial charge in [-0.05, 0) is 43.5 Å². The maximum absolute atomic E-state index is 12.6. The Kier molecular flexibility index (Phi) is 3.63. The van der Waals surface area contributed by atoms with Crippen LogP contribution >= 0.6 is 0 Å². The molecule has 130 valence electrons. The van der Waals surface area contributed by atoms with Crippen LogP contribution in [0.5, 0.6) is 0 Å². The van der Waals surface area contributed by atoms with Crippen LogP contribution in [0.25, 0.3) is 0 Å². The molecule has 2 saturated heterocycles. The van der Waals surface area contributed by atoms with Gasteiger partial charge in [0.15, 0.2) is 0 Å². The minimum Gasteiger partial charge on any atom is -0.341 e. The highest BCUT2D eigenvalue weighted by Crippen LogP contribution is 2.42. The molecule has 1 aromatic carbocycles. The van der Waals surface area contributed by atoms with Crippen molar-refractivity contribution in [2.75, 3.05) is 24.5 Å². The van der Waals surface area contributed by atoms with Crippen LogP contribution in [0.3, 0.4) is 0 Å². The third kappa shape index (κ3) is 2.71. The number of aromatic amines is 1. The lowest BCUT2D eigenvalue weighted by Crippen LogP contribution is -2.34. The lowest BCUT2D eigenvalue weighted by Gasteiger charge is -2.24. The van der Waals surface area contributed by atoms with Gasteiger partial charge in [0.05, 0.1) is 12.5 Å². The predicted octanol–water partition coefficient (Wildman–Crippen LogP) is 2.30. The van der Waals surface area contributed by atoms with Crippen molar-refractivity contribution in [3.63, 3.8) is 0 Å². The molecule has 4 rings (SSSR count). The van der Waals surface area contributed by atoms with E-state index in [9.17, 15) is 9.59 Å². The molecule has 25 heavy (non-hydrogen) atoms. The smallest absolute Gasteiger partial charge is 0.271 e. The van der Waals surface area contributed by atoms with Crippen molar-refractivity contribution in [2.45, 2.75) is 26.7 Å². The van der Waals surface area contributed by atoms with Gasteiger partial charge in [0, 0.05) is 37.2 Å². The number of benzene rings is 1. The Morgan fingerprint density at radius 3 is 2.80 bits per heavy atom. The molecule has 6 nitrogen and oxygen atoms in total. The summed E-state index contributed by atoms with van der Waals surface area (Å²) in [4.78, 5) is 35.7. The molecule has 0 unspecified atom stereocenters. The van der Waals surface area contributed by atoms with Gasteiger partial charge in [-0.2, -0.15) is 0 Å². The molecule has 1 spiro atoms. The van der Waals surface area contributed by atoms with Crippen molar-refractivity contribution in [3.8, 4) is 0 Å². The third-order valence-electron chi connectivity index (χ3n) is 5.58. The normalized spacial score (nSPS) is 23.0. The maximum Gasteiger partial charge on any atom is 0.271 e. The fraction of sp³-hybridized carbons (Fsp3) is 0.421. The van der Waals surface area contributed by atoms with Crippen LogP contribution in [-0.4, -0.2) is 46.3 Å². The molecule has 0 bridgehead atoms. The zero-order valence-electron chi connectivity index (χ0n) is 14.6. The van der Waals surface area contributed by atoms with Gasteiger partial charge in [-0.25, -0.2) is 4.98 Å². The third-order valence-corrected chi connectivity index (χ3v) is 5.58. The highest BCUT2D eigenvalue weighted by Gasteiger charge is 2.49. The first-order valence-electron chi connectivity index (χ1n) is 8.63. The monoisotopic (exact) mass is 338 g/mol. The second kappa shape index (κ2) is 5.72. The van der Waals surface area contributed by atoms with Crippen molar-refractivity contribution >= 4 is 17.5 Å². The summed E-state index contributed by atoms with van der Waals surface area (Å²) in [6.07, 6.45) is 4.43. The fourth-order valence-electron chi connectivity index (χ4n) is 3.95. The van der Waals surface area contributed by atoms with Crippen molar-refractivity contribution < 1.29 is 9.59 Å². The molecule has 2 fully saturated rings. The van der Waals surface area contributed by atoms with Crippen LogP contribution in [0, 0.1) is 19.3 Å². The van der Waals surface area contributed by atoms with Crippen LogP contribution in [-0.2, 0) is 4.79 Å². The number of amides is 2. The Balaban J connectivity index is 1.52. The van der Waals surface area contributed by atoms with Crippen molar-refractivity contribution in [1.29, 1.82) is 0 Å². The molecular weight excluding hydrogens is 316 g/mol. The number of H-pyrrole nitrogens is 1. The first-order chi connectivity index (χ1) is 12.0. The molecule has 0 radical (unpaired) electrons. The molecule has 1 aromatic heterocycles. The summed E-state index contributed by atoms with van der Waals surface area (Å²) in [5.74, 6) is 0.116. The molecule has 2 aromatic rings. The first kappa shape index (κ1) is 15.9. The fourth-order valence-corrected chi connectivity index (χ4v) is 3.95. The Morgan fingerprint density at radius 1 is 1.24 bits per heavy atom. The van der Waals surface area contributed by atoms with E-state index in [2.05, 4.69) is 35.9 Å². The zero-order valence-corrected chi connectivity index (χ0v) is 14.6. The number of hydrogen-bond acceptors (Lipinski definition) is 3. The lowest BCUT2D eigenvalue weighted by molar-refractivity contribution is -0.117. The summed E-state index contributed by atoms with van der Waals surface area (Å²) < 4.78 is 0. The summed E-state index contributed by atoms with van der Waals surface area (Å²) in [6.45, 7) is 6.13. The number of carbonyl (C=O) groups is 2. The zero-order chi connectivity index (χ0) is 17.6. The predicted molar refractivity (Wildman–Crippen MR) is 94.4 cm³/mol. The number of carbonyl (C=O) groups excluding carboxylic acids is 2. The molecule has 2 aliphatic rings. The Labute approximate surface area is 146 Å². The largest absolute Gasteiger partial charge is 0.341 e. The highest BCUT2D eigenvalue weighted by molar-refractivity contribution is 5.97. The summed E-state index contributed by atoms with van der Waals surface area (Å²) in [5.41, 5.74) is 3.75. The number of imidazole rings is 1. The summed E-state index contributed by atoms with van der Waals surface area (Å²) in [7, 11) is 0. The lowest BCUT2D eigenvalue weighted by atomic mass is 9.86. The van der Waals surface area contributed by atoms with E-state index < -0.39 is 0 Å². The number of hydrogen-bond donors (Lipinski definition) is 1. The van der Waals surface area contributed by atoms with Crippen LogP contribution in [0.1, 0.15) is 34.5 Å². The number of aromatic nitrogens is 2. The molecule has 1 atom stereocenters. The number of rotatable bonds is 2. The Hall–Kier alpha value is -2.63. The van der Waals surface area contributed by atoms with Crippen LogP contribution in [0.4, 0.5) is 5.69 Å². The topological polar surface area (TPSA) is 69.3 Å². The number of aryl methyl sites for hydroxylation is 2. The number of nitrogens with zero attached hydrogens (tertiary/aromatic N) is 3. The minimum absolute atomic E-state index is 0.0357. The Bertz CT molecular complexity index is 830. The van der Waals surface area contributed by atoms with Crippen LogP contribution in [0.15, 0.2) is 30.7 Å². The summed E-state index contributed by atoms with van der Waals surface area (Å²) >= 11 is 0. The molecule has 0 aliphatic carbocycles. The summed E-state index contributed by atoms with van der Waals surface area (Å²) in [5, 5.41) is 0. The van der Waals surface area contributed by atoms with E-state index in [1.165, 1.54) is 17.5 Å². The highest BCUT2D eigenvalue weighted by atomic mass is 16.2. The molecule has 0 saturated carbocycles. The van der Waals surface area contributed by atoms with Gasteiger partial charge in [0.2, 0.25) is 5.91 Å². The summed E-state index contributed by atoms with van der Waals surface area (Å²) in [6, 6.07) is 6.15. The first-order valence-corrected chi connectivity index (χ1v) is 8.63. The van der Waals surface area contributed by atoms with Crippen LogP contribution < -0.4 is 4.90 Å². The molecular formula is C19H22N4O2. The van der Waals surface area contributed by atoms with Gasteiger partial charge < -0.3 is 14.8 Å². The maximum atomic E-state index is 12.6. The van der Waals surface area contributed by atoms with Gasteiger partial charge in [0.1, 0.15) is 5.69 Å². The van der Waals surface area contributed by atoms with E-state index in [0.29, 0.717) is 31.7 Å². The van der Waals surface area contributed by atoms with Gasteiger partial charge in [-0.15, -0.1) is 0 Å². The molecule has 1 N–H and O–H groups in total. The van der Waals surface area contributed by atoms with Gasteiger partial charge in [-0.1, -0.05) is 6.07 Å². The number of likely N-dealkylation sites (tertiary alicyclic amines) is 1. The van der Waals surface area contributed by atoms with Gasteiger partial charge in [0.25, 0.3) is 5.91 Å². The number of anilines is 1. The van der Waals surface area contributed by atoms with E-state index in [0.717, 1.165) is 12.1 Å². The average Bonchev–Trinajstić information content (AvgIpc) is 3.31. The van der Waals surface area contributed by atoms with E-state index >= 15 is 0 Å². The molecule has 6 heteroatoms. The van der Waals surface area contributed by atoms with E-state index in [1.807, 2.05) is 15.9 Å². The van der Waals surface area contributed by atoms with Crippen molar-refractivity contribution in [2.24, 2.45) is 5.41 Å². The van der Waals surface area contributed by atoms with E-state index in [4.69, 9.17) is 0 Å². The number of nitrogens with one attached hydrogen (secondary N) is 1. The quantitative estimate of drug-likeness (QED) is 0.913. The SMILES string of the molecule is Cc1ccc(N2C[C@@]3(CCN(C(=O)c4cnc[nH]4)C3)CC2=O)cc1C. The standard InChI is InChI=1S/C19H22N4O2/c1-13-3-4-15(7-14(13)2)23-11-19(8-17(23)24)5-6-22(10-19)18(25)16-9-20-12-21-16/h3-4,7,9,12H,5-6,8,10-11H2,1-2H3,(H,20,21)/t19-/m0/s1. The van der Waals surface area contributed by atoms with Crippen molar-refractivity contribution in [3.05, 3.63) is 47.5 Å².